The van der Waals surface area contributed by atoms with E-state index in [-0.39, 0.29) is 29.7 Å². The Morgan fingerprint density at radius 1 is 0.679 bits per heavy atom. The van der Waals surface area contributed by atoms with Crippen molar-refractivity contribution < 1.29 is 29.3 Å². The third kappa shape index (κ3) is 7.26. The summed E-state index contributed by atoms with van der Waals surface area (Å²) in [5.74, 6) is -0.499. The molecule has 7 rings (SSSR count). The van der Waals surface area contributed by atoms with Gasteiger partial charge < -0.3 is 19.7 Å². The van der Waals surface area contributed by atoms with Gasteiger partial charge in [-0.1, -0.05) is 92.5 Å². The molecule has 1 aliphatic carbocycles. The molecule has 2 aliphatic heterocycles. The van der Waals surface area contributed by atoms with E-state index in [0.29, 0.717) is 83.7 Å². The molecule has 0 amide bonds. The second-order valence-electron chi connectivity index (χ2n) is 15.7. The predicted molar refractivity (Wildman–Crippen MR) is 225 cm³/mol. The summed E-state index contributed by atoms with van der Waals surface area (Å²) in [6.07, 6.45) is 6.18. The molecule has 1 spiro atoms. The number of aliphatic hydroxyl groups excluding tert-OH is 2. The number of hydrogen-bond donors (Lipinski definition) is 2. The van der Waals surface area contributed by atoms with Gasteiger partial charge in [-0.3, -0.25) is 9.59 Å². The number of halogens is 2. The van der Waals surface area contributed by atoms with Crippen molar-refractivity contribution >= 4 is 45.9 Å². The summed E-state index contributed by atoms with van der Waals surface area (Å²) in [5, 5.41) is 25.0. The standard InChI is InChI=1S/C48H50Cl2O6/c1-5-30-12-14-34(31-16-20-36(49)21-17-31)27-38(30)42-43(52)46(4,6-2)56-47(7-3,45(42)54)26-10-11-33-13-15-35(32-18-22-37(50)23-19-32)28-39(33)41-40(51)29-55-48(44(41)53)24-8-9-25-48/h12-23,27-28,52-53H,5-11,24-26,29H2,1-4H3. The number of carbonyl (C=O) groups is 2. The minimum absolute atomic E-state index is 0.0214. The first kappa shape index (κ1) is 40.0. The normalized spacial score (nSPS) is 22.4. The number of hydrogen-bond acceptors (Lipinski definition) is 6. The van der Waals surface area contributed by atoms with Crippen LogP contribution in [-0.2, 0) is 31.9 Å². The highest BCUT2D eigenvalue weighted by Gasteiger charge is 2.52. The van der Waals surface area contributed by atoms with E-state index in [0.717, 1.165) is 46.2 Å². The second kappa shape index (κ2) is 16.0. The SMILES string of the molecule is CCc1ccc(-c2ccc(Cl)cc2)cc1C1=C(O)C(C)(CC)OC(CC)(CCCc2ccc(-c3ccc(Cl)cc3)cc2C2=C(O)C3(CCCC3)OCC2=O)C1=O. The molecule has 2 heterocycles. The molecule has 8 heteroatoms. The lowest BCUT2D eigenvalue weighted by Gasteiger charge is -2.46. The molecule has 0 aromatic heterocycles. The van der Waals surface area contributed by atoms with Crippen LogP contribution >= 0.6 is 23.2 Å². The number of Topliss-reactive ketones (excluding diaryl/α,β-unsaturated/α-hetero) is 2. The van der Waals surface area contributed by atoms with Gasteiger partial charge in [0.25, 0.3) is 0 Å². The van der Waals surface area contributed by atoms with Gasteiger partial charge in [-0.05, 0) is 152 Å². The van der Waals surface area contributed by atoms with Crippen LogP contribution in [0, 0.1) is 0 Å². The largest absolute Gasteiger partial charge is 0.508 e. The molecule has 6 nitrogen and oxygen atoms in total. The van der Waals surface area contributed by atoms with Crippen LogP contribution in [0.1, 0.15) is 101 Å². The average molecular weight is 794 g/mol. The maximum absolute atomic E-state index is 15.0. The summed E-state index contributed by atoms with van der Waals surface area (Å²) >= 11 is 12.4. The van der Waals surface area contributed by atoms with Gasteiger partial charge in [-0.15, -0.1) is 0 Å². The Kier molecular flexibility index (Phi) is 11.4. The molecular formula is C48H50Cl2O6. The quantitative estimate of drug-likeness (QED) is 0.157. The van der Waals surface area contributed by atoms with E-state index in [2.05, 4.69) is 6.92 Å². The summed E-state index contributed by atoms with van der Waals surface area (Å²) in [4.78, 5) is 28.7. The Morgan fingerprint density at radius 2 is 1.21 bits per heavy atom. The molecule has 0 saturated heterocycles. The van der Waals surface area contributed by atoms with E-state index < -0.39 is 16.8 Å². The molecular weight excluding hydrogens is 743 g/mol. The lowest BCUT2D eigenvalue weighted by Crippen LogP contribution is -2.54. The Bertz CT molecular complexity index is 2210. The van der Waals surface area contributed by atoms with Crippen molar-refractivity contribution in [3.8, 4) is 22.3 Å². The minimum Gasteiger partial charge on any atom is -0.508 e. The van der Waals surface area contributed by atoms with Crippen LogP contribution in [0.4, 0.5) is 0 Å². The zero-order chi connectivity index (χ0) is 39.8. The van der Waals surface area contributed by atoms with Crippen LogP contribution in [0.3, 0.4) is 0 Å². The number of rotatable bonds is 11. The molecule has 1 saturated carbocycles. The molecule has 2 N–H and O–H groups in total. The van der Waals surface area contributed by atoms with Crippen molar-refractivity contribution in [3.63, 3.8) is 0 Å². The molecule has 2 atom stereocenters. The molecule has 4 aromatic carbocycles. The summed E-state index contributed by atoms with van der Waals surface area (Å²) in [6, 6.07) is 27.3. The maximum atomic E-state index is 15.0. The van der Waals surface area contributed by atoms with Crippen molar-refractivity contribution in [1.82, 2.24) is 0 Å². The highest BCUT2D eigenvalue weighted by atomic mass is 35.5. The van der Waals surface area contributed by atoms with E-state index in [9.17, 15) is 19.8 Å². The van der Waals surface area contributed by atoms with Crippen molar-refractivity contribution in [2.75, 3.05) is 6.61 Å². The van der Waals surface area contributed by atoms with Crippen LogP contribution in [0.15, 0.2) is 96.4 Å². The third-order valence-electron chi connectivity index (χ3n) is 12.4. The highest BCUT2D eigenvalue weighted by molar-refractivity contribution is 6.31. The van der Waals surface area contributed by atoms with Gasteiger partial charge in [0.2, 0.25) is 0 Å². The fourth-order valence-corrected chi connectivity index (χ4v) is 9.10. The van der Waals surface area contributed by atoms with E-state index in [1.807, 2.05) is 106 Å². The third-order valence-corrected chi connectivity index (χ3v) is 12.9. The second-order valence-corrected chi connectivity index (χ2v) is 16.6. The van der Waals surface area contributed by atoms with Crippen molar-refractivity contribution in [2.24, 2.45) is 0 Å². The first-order valence-corrected chi connectivity index (χ1v) is 20.7. The summed E-state index contributed by atoms with van der Waals surface area (Å²) in [5.41, 5.74) is 4.45. The van der Waals surface area contributed by atoms with Gasteiger partial charge >= 0.3 is 0 Å². The van der Waals surface area contributed by atoms with Crippen LogP contribution in [0.2, 0.25) is 10.0 Å². The average Bonchev–Trinajstić information content (AvgIpc) is 3.69. The Morgan fingerprint density at radius 3 is 1.75 bits per heavy atom. The summed E-state index contributed by atoms with van der Waals surface area (Å²) in [6.45, 7) is 7.77. The number of carbonyl (C=O) groups excluding carboxylic acids is 2. The lowest BCUT2D eigenvalue weighted by molar-refractivity contribution is -0.174. The Labute approximate surface area is 340 Å². The molecule has 292 valence electrons. The number of benzene rings is 4. The highest BCUT2D eigenvalue weighted by Crippen LogP contribution is 2.48. The van der Waals surface area contributed by atoms with Gasteiger partial charge in [-0.2, -0.15) is 0 Å². The smallest absolute Gasteiger partial charge is 0.198 e. The first-order valence-electron chi connectivity index (χ1n) is 20.0. The van der Waals surface area contributed by atoms with E-state index in [1.54, 1.807) is 0 Å². The molecule has 0 radical (unpaired) electrons. The zero-order valence-electron chi connectivity index (χ0n) is 32.6. The van der Waals surface area contributed by atoms with Gasteiger partial charge in [0, 0.05) is 10.0 Å². The number of aliphatic hydroxyl groups is 2. The monoisotopic (exact) mass is 792 g/mol. The molecule has 0 bridgehead atoms. The van der Waals surface area contributed by atoms with E-state index in [4.69, 9.17) is 32.7 Å². The fourth-order valence-electron chi connectivity index (χ4n) is 8.85. The maximum Gasteiger partial charge on any atom is 0.198 e. The van der Waals surface area contributed by atoms with Crippen LogP contribution < -0.4 is 0 Å². The molecule has 4 aromatic rings. The zero-order valence-corrected chi connectivity index (χ0v) is 34.2. The van der Waals surface area contributed by atoms with Crippen molar-refractivity contribution in [3.05, 3.63) is 129 Å². The molecule has 1 fully saturated rings. The minimum atomic E-state index is -1.21. The number of ether oxygens (including phenoxy) is 2. The number of ketones is 2. The van der Waals surface area contributed by atoms with Crippen LogP contribution in [-0.4, -0.2) is 45.2 Å². The molecule has 3 aliphatic rings. The van der Waals surface area contributed by atoms with Gasteiger partial charge in [0.1, 0.15) is 34.9 Å². The summed E-state index contributed by atoms with van der Waals surface area (Å²) < 4.78 is 12.9. The van der Waals surface area contributed by atoms with E-state index >= 15 is 0 Å². The molecule has 56 heavy (non-hydrogen) atoms. The molecule has 2 unspecified atom stereocenters. The topological polar surface area (TPSA) is 93.1 Å². The van der Waals surface area contributed by atoms with Gasteiger partial charge in [0.15, 0.2) is 11.6 Å². The van der Waals surface area contributed by atoms with Gasteiger partial charge in [-0.25, -0.2) is 0 Å². The lowest BCUT2D eigenvalue weighted by atomic mass is 9.75. The van der Waals surface area contributed by atoms with Gasteiger partial charge in [0.05, 0.1) is 11.1 Å². The van der Waals surface area contributed by atoms with Crippen molar-refractivity contribution in [1.29, 1.82) is 0 Å². The van der Waals surface area contributed by atoms with E-state index in [1.165, 1.54) is 0 Å². The summed E-state index contributed by atoms with van der Waals surface area (Å²) in [7, 11) is 0. The number of aryl methyl sites for hydroxylation is 2. The predicted octanol–water partition coefficient (Wildman–Crippen LogP) is 12.3. The van der Waals surface area contributed by atoms with Crippen molar-refractivity contribution in [2.45, 2.75) is 109 Å². The fraction of sp³-hybridized carbons (Fsp3) is 0.375. The Balaban J connectivity index is 1.26. The first-order chi connectivity index (χ1) is 26.9. The van der Waals surface area contributed by atoms with Crippen LogP contribution in [0.25, 0.3) is 33.4 Å². The Hall–Kier alpha value is -4.20. The van der Waals surface area contributed by atoms with Crippen LogP contribution in [0.5, 0.6) is 0 Å².